The van der Waals surface area contributed by atoms with Gasteiger partial charge in [-0.15, -0.1) is 0 Å². The normalized spacial score (nSPS) is 15.3. The molecule has 0 bridgehead atoms. The van der Waals surface area contributed by atoms with Crippen LogP contribution in [0.2, 0.25) is 0 Å². The van der Waals surface area contributed by atoms with E-state index in [0.29, 0.717) is 18.4 Å². The molecule has 2 aromatic heterocycles. The van der Waals surface area contributed by atoms with E-state index in [0.717, 1.165) is 33.4 Å². The molecule has 1 aliphatic rings. The fourth-order valence-corrected chi connectivity index (χ4v) is 4.07. The number of benzene rings is 1. The molecule has 10 nitrogen and oxygen atoms in total. The third kappa shape index (κ3) is 4.11. The number of hydrogen-bond donors (Lipinski definition) is 3. The van der Waals surface area contributed by atoms with E-state index in [-0.39, 0.29) is 29.1 Å². The van der Waals surface area contributed by atoms with Crippen LogP contribution in [-0.4, -0.2) is 48.0 Å². The van der Waals surface area contributed by atoms with Crippen molar-refractivity contribution in [2.24, 2.45) is 0 Å². The molecule has 2 heterocycles. The summed E-state index contributed by atoms with van der Waals surface area (Å²) in [6.07, 6.45) is 2.36. The number of aromatic hydroxyl groups is 1. The molecule has 4 rings (SSSR count). The lowest BCUT2D eigenvalue weighted by Crippen LogP contribution is -2.29. The van der Waals surface area contributed by atoms with Crippen molar-refractivity contribution in [1.82, 2.24) is 19.7 Å². The highest BCUT2D eigenvalue weighted by Crippen LogP contribution is 2.35. The Morgan fingerprint density at radius 3 is 2.64 bits per heavy atom. The molecule has 33 heavy (non-hydrogen) atoms. The maximum absolute atomic E-state index is 12.9. The first-order valence-electron chi connectivity index (χ1n) is 10.4. The van der Waals surface area contributed by atoms with Gasteiger partial charge in [0.05, 0.1) is 17.8 Å². The zero-order valence-corrected chi connectivity index (χ0v) is 18.7. The number of carboxylic acids is 1. The van der Waals surface area contributed by atoms with Crippen LogP contribution < -0.4 is 5.32 Å². The summed E-state index contributed by atoms with van der Waals surface area (Å²) in [6, 6.07) is 4.29. The van der Waals surface area contributed by atoms with Crippen LogP contribution in [0.3, 0.4) is 0 Å². The van der Waals surface area contributed by atoms with Crippen molar-refractivity contribution in [3.05, 3.63) is 58.0 Å². The lowest BCUT2D eigenvalue weighted by Gasteiger charge is -2.21. The van der Waals surface area contributed by atoms with Crippen molar-refractivity contribution in [2.45, 2.75) is 52.2 Å². The predicted octanol–water partition coefficient (Wildman–Crippen LogP) is 2.81. The summed E-state index contributed by atoms with van der Waals surface area (Å²) in [7, 11) is 0. The van der Waals surface area contributed by atoms with Gasteiger partial charge in [-0.3, -0.25) is 4.79 Å². The summed E-state index contributed by atoms with van der Waals surface area (Å²) in [6.45, 7) is 7.29. The van der Waals surface area contributed by atoms with Crippen LogP contribution in [0.25, 0.3) is 5.78 Å². The summed E-state index contributed by atoms with van der Waals surface area (Å²) in [5.74, 6) is -2.77. The summed E-state index contributed by atoms with van der Waals surface area (Å²) >= 11 is 0. The Balaban J connectivity index is 1.60. The standard InChI is InChI=1S/C23H24N4O6/c1-11-12-7-8-15(14(12)6-5-13(11)21(32)33-23(2,3)4)25-19(29)16-9-17(20(30)31)27-18(28)10-24-22(27)26-16/h5-6,9-10,15,28H,7-8H2,1-4H3,(H,25,29)(H,30,31)/t15-/m0/s1. The lowest BCUT2D eigenvalue weighted by atomic mass is 9.97. The van der Waals surface area contributed by atoms with Crippen LogP contribution in [0.15, 0.2) is 24.4 Å². The Bertz CT molecular complexity index is 1300. The Morgan fingerprint density at radius 2 is 1.97 bits per heavy atom. The summed E-state index contributed by atoms with van der Waals surface area (Å²) < 4.78 is 6.44. The second-order valence-electron chi connectivity index (χ2n) is 8.96. The molecular formula is C23H24N4O6. The van der Waals surface area contributed by atoms with Crippen LogP contribution in [0.4, 0.5) is 0 Å². The van der Waals surface area contributed by atoms with Crippen LogP contribution in [0, 0.1) is 6.92 Å². The van der Waals surface area contributed by atoms with E-state index < -0.39 is 23.4 Å². The molecule has 1 aromatic carbocycles. The minimum atomic E-state index is -1.33. The number of carbonyl (C=O) groups excluding carboxylic acids is 2. The highest BCUT2D eigenvalue weighted by atomic mass is 16.6. The fraction of sp³-hybridized carbons (Fsp3) is 0.348. The van der Waals surface area contributed by atoms with Gasteiger partial charge in [-0.25, -0.2) is 24.0 Å². The maximum atomic E-state index is 12.9. The number of aromatic carboxylic acids is 1. The van der Waals surface area contributed by atoms with Gasteiger partial charge >= 0.3 is 11.9 Å². The first kappa shape index (κ1) is 22.3. The van der Waals surface area contributed by atoms with Crippen molar-refractivity contribution in [1.29, 1.82) is 0 Å². The molecular weight excluding hydrogens is 428 g/mol. The van der Waals surface area contributed by atoms with Crippen LogP contribution in [0.1, 0.15) is 81.3 Å². The van der Waals surface area contributed by atoms with Gasteiger partial charge in [-0.1, -0.05) is 6.07 Å². The first-order valence-corrected chi connectivity index (χ1v) is 10.4. The molecule has 3 N–H and O–H groups in total. The Labute approximate surface area is 189 Å². The van der Waals surface area contributed by atoms with Crippen LogP contribution in [0.5, 0.6) is 5.88 Å². The van der Waals surface area contributed by atoms with Crippen LogP contribution in [-0.2, 0) is 11.2 Å². The molecule has 10 heteroatoms. The van der Waals surface area contributed by atoms with Gasteiger partial charge in [-0.2, -0.15) is 0 Å². The van der Waals surface area contributed by atoms with Crippen molar-refractivity contribution in [2.75, 3.05) is 0 Å². The van der Waals surface area contributed by atoms with Gasteiger partial charge < -0.3 is 20.3 Å². The Hall–Kier alpha value is -3.95. The fourth-order valence-electron chi connectivity index (χ4n) is 4.07. The number of carboxylic acid groups (broad SMARTS) is 1. The van der Waals surface area contributed by atoms with Gasteiger partial charge in [0.25, 0.3) is 5.91 Å². The number of nitrogens with zero attached hydrogens (tertiary/aromatic N) is 3. The number of amides is 1. The smallest absolute Gasteiger partial charge is 0.353 e. The van der Waals surface area contributed by atoms with Gasteiger partial charge in [0.15, 0.2) is 0 Å². The summed E-state index contributed by atoms with van der Waals surface area (Å²) in [4.78, 5) is 45.0. The zero-order valence-electron chi connectivity index (χ0n) is 18.7. The molecule has 0 unspecified atom stereocenters. The topological polar surface area (TPSA) is 143 Å². The second kappa shape index (κ2) is 7.88. The number of aromatic nitrogens is 3. The maximum Gasteiger partial charge on any atom is 0.353 e. The van der Waals surface area contributed by atoms with Crippen molar-refractivity contribution in [3.8, 4) is 5.88 Å². The van der Waals surface area contributed by atoms with E-state index in [4.69, 9.17) is 4.74 Å². The minimum absolute atomic E-state index is 0.0952. The Kier molecular flexibility index (Phi) is 5.31. The number of nitrogens with one attached hydrogen (secondary N) is 1. The highest BCUT2D eigenvalue weighted by Gasteiger charge is 2.30. The third-order valence-electron chi connectivity index (χ3n) is 5.53. The number of fused-ring (bicyclic) bond motifs is 2. The first-order chi connectivity index (χ1) is 15.5. The summed E-state index contributed by atoms with van der Waals surface area (Å²) in [5.41, 5.74) is 2.13. The molecule has 0 aliphatic heterocycles. The Morgan fingerprint density at radius 1 is 1.24 bits per heavy atom. The van der Waals surface area contributed by atoms with Crippen molar-refractivity contribution < 1.29 is 29.3 Å². The SMILES string of the molecule is Cc1c(C(=O)OC(C)(C)C)ccc2c1CC[C@@H]2NC(=O)c1cc(C(=O)O)n2c(O)cnc2n1. The number of hydrogen-bond acceptors (Lipinski definition) is 7. The third-order valence-corrected chi connectivity index (χ3v) is 5.53. The second-order valence-corrected chi connectivity index (χ2v) is 8.96. The number of ether oxygens (including phenoxy) is 1. The van der Waals surface area contributed by atoms with Crippen molar-refractivity contribution >= 4 is 23.6 Å². The van der Waals surface area contributed by atoms with Gasteiger partial charge in [-0.05, 0) is 63.3 Å². The molecule has 1 amide bonds. The molecule has 0 saturated heterocycles. The van der Waals surface area contributed by atoms with Gasteiger partial charge in [0.2, 0.25) is 11.7 Å². The molecule has 0 saturated carbocycles. The van der Waals surface area contributed by atoms with E-state index in [1.54, 1.807) is 6.07 Å². The largest absolute Gasteiger partial charge is 0.493 e. The molecule has 0 spiro atoms. The number of carbonyl (C=O) groups is 3. The lowest BCUT2D eigenvalue weighted by molar-refractivity contribution is 0.00682. The van der Waals surface area contributed by atoms with E-state index in [1.807, 2.05) is 33.8 Å². The quantitative estimate of drug-likeness (QED) is 0.513. The predicted molar refractivity (Wildman–Crippen MR) is 116 cm³/mol. The minimum Gasteiger partial charge on any atom is -0.493 e. The monoisotopic (exact) mass is 452 g/mol. The highest BCUT2D eigenvalue weighted by molar-refractivity contribution is 5.96. The molecule has 1 atom stereocenters. The number of imidazole rings is 1. The summed E-state index contributed by atoms with van der Waals surface area (Å²) in [5, 5.41) is 22.2. The van der Waals surface area contributed by atoms with E-state index in [2.05, 4.69) is 15.3 Å². The molecule has 3 aromatic rings. The molecule has 0 radical (unpaired) electrons. The van der Waals surface area contributed by atoms with E-state index >= 15 is 0 Å². The molecule has 0 fully saturated rings. The van der Waals surface area contributed by atoms with Crippen molar-refractivity contribution in [3.63, 3.8) is 0 Å². The average molecular weight is 452 g/mol. The van der Waals surface area contributed by atoms with Crippen LogP contribution >= 0.6 is 0 Å². The van der Waals surface area contributed by atoms with E-state index in [9.17, 15) is 24.6 Å². The van der Waals surface area contributed by atoms with Gasteiger partial charge in [0, 0.05) is 6.07 Å². The zero-order chi connectivity index (χ0) is 24.1. The van der Waals surface area contributed by atoms with E-state index in [1.165, 1.54) is 0 Å². The number of rotatable bonds is 4. The number of esters is 1. The molecule has 172 valence electrons. The average Bonchev–Trinajstić information content (AvgIpc) is 3.30. The molecule has 1 aliphatic carbocycles. The van der Waals surface area contributed by atoms with Gasteiger partial charge in [0.1, 0.15) is 17.0 Å².